The number of benzene rings is 2. The maximum atomic E-state index is 13.6. The number of nitrogens with zero attached hydrogens (tertiary/aromatic N) is 1. The molecule has 2 nitrogen and oxygen atoms in total. The summed E-state index contributed by atoms with van der Waals surface area (Å²) < 4.78 is 25.7. The summed E-state index contributed by atoms with van der Waals surface area (Å²) in [5.41, 5.74) is 2.79. The van der Waals surface area contributed by atoms with Gasteiger partial charge in [-0.15, -0.1) is 0 Å². The van der Waals surface area contributed by atoms with E-state index >= 15 is 0 Å². The summed E-state index contributed by atoms with van der Waals surface area (Å²) in [6.45, 7) is 1.97. The smallest absolute Gasteiger partial charge is 0.127 e. The van der Waals surface area contributed by atoms with E-state index in [1.165, 1.54) is 18.2 Å². The van der Waals surface area contributed by atoms with E-state index in [1.54, 1.807) is 0 Å². The molecule has 0 saturated carbocycles. The van der Waals surface area contributed by atoms with E-state index in [0.717, 1.165) is 11.1 Å². The lowest BCUT2D eigenvalue weighted by molar-refractivity contribution is 0.615. The van der Waals surface area contributed by atoms with E-state index < -0.39 is 16.6 Å². The van der Waals surface area contributed by atoms with Crippen LogP contribution in [0.4, 0.5) is 4.39 Å². The van der Waals surface area contributed by atoms with Crippen LogP contribution in [-0.4, -0.2) is 4.21 Å². The molecule has 1 unspecified atom stereocenters. The molecular formula is C16H14FNOS. The highest BCUT2D eigenvalue weighted by atomic mass is 32.2. The number of rotatable bonds is 4. The van der Waals surface area contributed by atoms with Crippen molar-refractivity contribution in [3.05, 3.63) is 70.5 Å². The summed E-state index contributed by atoms with van der Waals surface area (Å²) in [5.74, 6) is 0.0919. The molecule has 0 heterocycles. The van der Waals surface area contributed by atoms with Gasteiger partial charge in [0.15, 0.2) is 0 Å². The molecule has 0 spiro atoms. The van der Waals surface area contributed by atoms with Crippen molar-refractivity contribution >= 4 is 10.8 Å². The van der Waals surface area contributed by atoms with Gasteiger partial charge >= 0.3 is 0 Å². The van der Waals surface area contributed by atoms with Crippen molar-refractivity contribution in [2.24, 2.45) is 0 Å². The molecule has 0 aliphatic heterocycles. The maximum absolute atomic E-state index is 13.6. The maximum Gasteiger partial charge on any atom is 0.127 e. The Kier molecular flexibility index (Phi) is 4.65. The average molecular weight is 287 g/mol. The minimum atomic E-state index is -1.20. The molecule has 0 radical (unpaired) electrons. The molecule has 0 fully saturated rings. The second-order valence-corrected chi connectivity index (χ2v) is 6.09. The largest absolute Gasteiger partial charge is 0.259 e. The summed E-state index contributed by atoms with van der Waals surface area (Å²) >= 11 is 0. The number of aryl methyl sites for hydroxylation is 1. The first-order valence-electron chi connectivity index (χ1n) is 6.17. The van der Waals surface area contributed by atoms with E-state index in [9.17, 15) is 8.60 Å². The van der Waals surface area contributed by atoms with Gasteiger partial charge in [-0.1, -0.05) is 29.8 Å². The van der Waals surface area contributed by atoms with Gasteiger partial charge in [-0.05, 0) is 30.7 Å². The topological polar surface area (TPSA) is 40.9 Å². The zero-order valence-corrected chi connectivity index (χ0v) is 11.9. The molecule has 1 atom stereocenters. The monoisotopic (exact) mass is 287 g/mol. The van der Waals surface area contributed by atoms with Gasteiger partial charge in [0.1, 0.15) is 5.82 Å². The molecule has 0 aliphatic carbocycles. The standard InChI is InChI=1S/C16H14FNOS/c1-12-3-2-4-14(7-12)10-20(19)11-15-8-13(9-18)5-6-16(15)17/h2-8H,10-11H2,1H3. The van der Waals surface area contributed by atoms with Crippen LogP contribution < -0.4 is 0 Å². The molecule has 0 aliphatic rings. The molecule has 0 N–H and O–H groups in total. The Labute approximate surface area is 120 Å². The zero-order chi connectivity index (χ0) is 14.5. The van der Waals surface area contributed by atoms with Gasteiger partial charge in [0.05, 0.1) is 17.4 Å². The summed E-state index contributed by atoms with van der Waals surface area (Å²) in [6.07, 6.45) is 0. The van der Waals surface area contributed by atoms with Crippen molar-refractivity contribution in [1.29, 1.82) is 5.26 Å². The van der Waals surface area contributed by atoms with Gasteiger partial charge in [0.25, 0.3) is 0 Å². The van der Waals surface area contributed by atoms with Gasteiger partial charge in [0, 0.05) is 22.1 Å². The molecule has 0 bridgehead atoms. The van der Waals surface area contributed by atoms with Gasteiger partial charge in [-0.25, -0.2) is 4.39 Å². The SMILES string of the molecule is Cc1cccc(CS(=O)Cc2cc(C#N)ccc2F)c1. The van der Waals surface area contributed by atoms with Crippen LogP contribution in [-0.2, 0) is 22.3 Å². The van der Waals surface area contributed by atoms with Crippen molar-refractivity contribution in [3.8, 4) is 6.07 Å². The van der Waals surface area contributed by atoms with E-state index in [0.29, 0.717) is 16.9 Å². The van der Waals surface area contributed by atoms with Crippen LogP contribution in [0.2, 0.25) is 0 Å². The van der Waals surface area contributed by atoms with Gasteiger partial charge in [0.2, 0.25) is 0 Å². The second-order valence-electron chi connectivity index (χ2n) is 4.64. The lowest BCUT2D eigenvalue weighted by Gasteiger charge is -2.05. The van der Waals surface area contributed by atoms with Crippen LogP contribution >= 0.6 is 0 Å². The second kappa shape index (κ2) is 6.44. The van der Waals surface area contributed by atoms with E-state index in [-0.39, 0.29) is 5.75 Å². The predicted molar refractivity (Wildman–Crippen MR) is 77.8 cm³/mol. The van der Waals surface area contributed by atoms with Crippen LogP contribution in [0.1, 0.15) is 22.3 Å². The van der Waals surface area contributed by atoms with Gasteiger partial charge in [-0.3, -0.25) is 4.21 Å². The van der Waals surface area contributed by atoms with Crippen LogP contribution in [0.15, 0.2) is 42.5 Å². The van der Waals surface area contributed by atoms with E-state index in [4.69, 9.17) is 5.26 Å². The molecule has 2 rings (SSSR count). The molecule has 2 aromatic carbocycles. The van der Waals surface area contributed by atoms with Crippen molar-refractivity contribution < 1.29 is 8.60 Å². The highest BCUT2D eigenvalue weighted by Gasteiger charge is 2.09. The van der Waals surface area contributed by atoms with Gasteiger partial charge in [-0.2, -0.15) is 5.26 Å². The Bertz CT molecular complexity index is 691. The van der Waals surface area contributed by atoms with Crippen LogP contribution in [0.25, 0.3) is 0 Å². The Morgan fingerprint density at radius 1 is 1.20 bits per heavy atom. The Morgan fingerprint density at radius 3 is 2.70 bits per heavy atom. The minimum Gasteiger partial charge on any atom is -0.259 e. The third-order valence-corrected chi connectivity index (χ3v) is 4.19. The zero-order valence-electron chi connectivity index (χ0n) is 11.1. The summed E-state index contributed by atoms with van der Waals surface area (Å²) in [4.78, 5) is 0. The van der Waals surface area contributed by atoms with Crippen molar-refractivity contribution in [2.75, 3.05) is 0 Å². The Morgan fingerprint density at radius 2 is 2.00 bits per heavy atom. The number of halogens is 1. The fraction of sp³-hybridized carbons (Fsp3) is 0.188. The molecule has 102 valence electrons. The van der Waals surface area contributed by atoms with E-state index in [2.05, 4.69) is 0 Å². The van der Waals surface area contributed by atoms with Gasteiger partial charge < -0.3 is 0 Å². The Hall–Kier alpha value is -1.99. The first-order chi connectivity index (χ1) is 9.58. The molecule has 0 amide bonds. The third kappa shape index (κ3) is 3.75. The minimum absolute atomic E-state index is 0.120. The summed E-state index contributed by atoms with van der Waals surface area (Å²) in [5, 5.41) is 8.80. The highest BCUT2D eigenvalue weighted by Crippen LogP contribution is 2.15. The van der Waals surface area contributed by atoms with Crippen molar-refractivity contribution in [3.63, 3.8) is 0 Å². The summed E-state index contributed by atoms with van der Waals surface area (Å²) in [6, 6.07) is 13.9. The number of hydrogen-bond donors (Lipinski definition) is 0. The molecular weight excluding hydrogens is 273 g/mol. The molecule has 4 heteroatoms. The fourth-order valence-electron chi connectivity index (χ4n) is 1.97. The fourth-order valence-corrected chi connectivity index (χ4v) is 3.19. The van der Waals surface area contributed by atoms with Crippen LogP contribution in [0.3, 0.4) is 0 Å². The van der Waals surface area contributed by atoms with Crippen molar-refractivity contribution in [2.45, 2.75) is 18.4 Å². The lowest BCUT2D eigenvalue weighted by Crippen LogP contribution is -2.02. The summed E-state index contributed by atoms with van der Waals surface area (Å²) in [7, 11) is -1.20. The van der Waals surface area contributed by atoms with E-state index in [1.807, 2.05) is 37.3 Å². The Balaban J connectivity index is 2.10. The molecule has 2 aromatic rings. The van der Waals surface area contributed by atoms with Crippen LogP contribution in [0, 0.1) is 24.1 Å². The molecule has 20 heavy (non-hydrogen) atoms. The normalized spacial score (nSPS) is 11.8. The highest BCUT2D eigenvalue weighted by molar-refractivity contribution is 7.83. The first-order valence-corrected chi connectivity index (χ1v) is 7.66. The first kappa shape index (κ1) is 14.4. The number of hydrogen-bond acceptors (Lipinski definition) is 2. The van der Waals surface area contributed by atoms with Crippen LogP contribution in [0.5, 0.6) is 0 Å². The van der Waals surface area contributed by atoms with Crippen molar-refractivity contribution in [1.82, 2.24) is 0 Å². The molecule has 0 saturated heterocycles. The lowest BCUT2D eigenvalue weighted by atomic mass is 10.1. The third-order valence-electron chi connectivity index (χ3n) is 2.90. The predicted octanol–water partition coefficient (Wildman–Crippen LogP) is 3.45. The average Bonchev–Trinajstić information content (AvgIpc) is 2.41. The quantitative estimate of drug-likeness (QED) is 0.864. The molecule has 0 aromatic heterocycles. The number of nitriles is 1.